The molecular formula is C34H34N6O3. The Labute approximate surface area is 250 Å². The number of nitrogens with one attached hydrogen (secondary N) is 2. The first-order valence-corrected chi connectivity index (χ1v) is 13.9. The third kappa shape index (κ3) is 5.57. The number of imidazole rings is 2. The summed E-state index contributed by atoms with van der Waals surface area (Å²) in [5.41, 5.74) is 7.10. The molecule has 43 heavy (non-hydrogen) atoms. The lowest BCUT2D eigenvalue weighted by Crippen LogP contribution is -1.97. The van der Waals surface area contributed by atoms with E-state index in [9.17, 15) is 0 Å². The standard InChI is InChI=1S/C34H34N6O3/c1-21-11-28(15-30(41-4)23(21)3)39-17-32(35-19-39)37-26-9-7-24-8-10-27(14-25(24)13-26)38-33-18-40(20-36-33)29-12-22(2)34(43-6)31(16-29)42-5/h7-20,37-38H,1-6H3. The Hall–Kier alpha value is -5.44. The van der Waals surface area contributed by atoms with E-state index in [1.807, 2.05) is 46.7 Å². The van der Waals surface area contributed by atoms with Crippen LogP contribution in [0.25, 0.3) is 22.1 Å². The molecule has 0 unspecified atom stereocenters. The van der Waals surface area contributed by atoms with E-state index in [4.69, 9.17) is 14.2 Å². The minimum absolute atomic E-state index is 0.678. The van der Waals surface area contributed by atoms with Crippen LogP contribution in [0.15, 0.2) is 85.7 Å². The maximum absolute atomic E-state index is 5.55. The molecule has 9 nitrogen and oxygen atoms in total. The van der Waals surface area contributed by atoms with Crippen LogP contribution in [0.3, 0.4) is 0 Å². The van der Waals surface area contributed by atoms with Crippen molar-refractivity contribution in [3.05, 3.63) is 102 Å². The molecule has 6 aromatic rings. The van der Waals surface area contributed by atoms with E-state index >= 15 is 0 Å². The lowest BCUT2D eigenvalue weighted by molar-refractivity contribution is 0.353. The Morgan fingerprint density at radius 3 is 1.65 bits per heavy atom. The van der Waals surface area contributed by atoms with Crippen molar-refractivity contribution in [1.29, 1.82) is 0 Å². The highest BCUT2D eigenvalue weighted by Gasteiger charge is 2.12. The van der Waals surface area contributed by atoms with Crippen molar-refractivity contribution in [2.45, 2.75) is 20.8 Å². The third-order valence-corrected chi connectivity index (χ3v) is 7.62. The van der Waals surface area contributed by atoms with Gasteiger partial charge in [0.15, 0.2) is 11.5 Å². The molecule has 0 amide bonds. The van der Waals surface area contributed by atoms with Crippen molar-refractivity contribution in [2.75, 3.05) is 32.0 Å². The number of nitrogens with zero attached hydrogens (tertiary/aromatic N) is 4. The Kier molecular flexibility index (Phi) is 7.38. The number of aryl methyl sites for hydroxylation is 2. The van der Waals surface area contributed by atoms with E-state index in [0.29, 0.717) is 5.75 Å². The smallest absolute Gasteiger partial charge is 0.163 e. The number of ether oxygens (including phenoxy) is 3. The van der Waals surface area contributed by atoms with Gasteiger partial charge in [-0.15, -0.1) is 0 Å². The maximum atomic E-state index is 5.55. The van der Waals surface area contributed by atoms with Crippen molar-refractivity contribution in [1.82, 2.24) is 19.1 Å². The molecule has 2 heterocycles. The van der Waals surface area contributed by atoms with Gasteiger partial charge in [-0.2, -0.15) is 0 Å². The summed E-state index contributed by atoms with van der Waals surface area (Å²) in [4.78, 5) is 9.14. The molecule has 0 aliphatic heterocycles. The monoisotopic (exact) mass is 574 g/mol. The van der Waals surface area contributed by atoms with Gasteiger partial charge >= 0.3 is 0 Å². The van der Waals surface area contributed by atoms with Gasteiger partial charge in [-0.1, -0.05) is 12.1 Å². The normalized spacial score (nSPS) is 11.0. The Morgan fingerprint density at radius 1 is 0.581 bits per heavy atom. The van der Waals surface area contributed by atoms with Gasteiger partial charge < -0.3 is 34.0 Å². The molecule has 9 heteroatoms. The number of benzene rings is 4. The van der Waals surface area contributed by atoms with Gasteiger partial charge in [-0.25, -0.2) is 9.97 Å². The zero-order valence-electron chi connectivity index (χ0n) is 25.1. The first-order chi connectivity index (χ1) is 20.8. The van der Waals surface area contributed by atoms with Crippen molar-refractivity contribution in [3.63, 3.8) is 0 Å². The number of aromatic nitrogens is 4. The third-order valence-electron chi connectivity index (χ3n) is 7.62. The molecule has 0 atom stereocenters. The molecule has 0 spiro atoms. The van der Waals surface area contributed by atoms with E-state index < -0.39 is 0 Å². The molecule has 2 N–H and O–H groups in total. The van der Waals surface area contributed by atoms with Crippen molar-refractivity contribution in [3.8, 4) is 28.6 Å². The molecule has 0 bridgehead atoms. The number of hydrogen-bond acceptors (Lipinski definition) is 7. The zero-order valence-corrected chi connectivity index (χ0v) is 25.1. The zero-order chi connectivity index (χ0) is 30.1. The fraction of sp³-hybridized carbons (Fsp3) is 0.176. The van der Waals surface area contributed by atoms with Crippen molar-refractivity contribution < 1.29 is 14.2 Å². The average molecular weight is 575 g/mol. The molecule has 0 saturated heterocycles. The Bertz CT molecular complexity index is 1940. The van der Waals surface area contributed by atoms with E-state index in [-0.39, 0.29) is 0 Å². The fourth-order valence-electron chi connectivity index (χ4n) is 5.21. The van der Waals surface area contributed by atoms with Crippen molar-refractivity contribution in [2.24, 2.45) is 0 Å². The second kappa shape index (κ2) is 11.4. The van der Waals surface area contributed by atoms with Gasteiger partial charge in [0, 0.05) is 23.5 Å². The summed E-state index contributed by atoms with van der Waals surface area (Å²) < 4.78 is 20.5. The van der Waals surface area contributed by atoms with Crippen LogP contribution in [0.5, 0.6) is 17.2 Å². The molecule has 218 valence electrons. The molecule has 6 rings (SSSR count). The summed E-state index contributed by atoms with van der Waals surface area (Å²) in [6.45, 7) is 6.14. The SMILES string of the molecule is COc1cc(-n2cnc(Nc3ccc4ccc(Nc5cn(-c6cc(C)c(OC)c(OC)c6)cn5)cc4c3)c2)cc(C)c1C. The van der Waals surface area contributed by atoms with Gasteiger partial charge in [0.25, 0.3) is 0 Å². The van der Waals surface area contributed by atoms with Gasteiger partial charge in [-0.3, -0.25) is 0 Å². The molecule has 2 aromatic heterocycles. The van der Waals surface area contributed by atoms with Gasteiger partial charge in [0.1, 0.15) is 30.0 Å². The Morgan fingerprint density at radius 2 is 1.12 bits per heavy atom. The predicted molar refractivity (Wildman–Crippen MR) is 172 cm³/mol. The van der Waals surface area contributed by atoms with Crippen LogP contribution in [0.4, 0.5) is 23.0 Å². The summed E-state index contributed by atoms with van der Waals surface area (Å²) in [5.74, 6) is 3.75. The van der Waals surface area contributed by atoms with Crippen LogP contribution in [0, 0.1) is 20.8 Å². The summed E-state index contributed by atoms with van der Waals surface area (Å²) in [7, 11) is 4.98. The molecule has 0 radical (unpaired) electrons. The number of rotatable bonds is 9. The van der Waals surface area contributed by atoms with E-state index in [1.54, 1.807) is 34.0 Å². The van der Waals surface area contributed by atoms with Crippen LogP contribution in [-0.4, -0.2) is 40.4 Å². The second-order valence-corrected chi connectivity index (χ2v) is 10.4. The van der Waals surface area contributed by atoms with Crippen LogP contribution in [0.1, 0.15) is 16.7 Å². The van der Waals surface area contributed by atoms with Crippen LogP contribution < -0.4 is 24.8 Å². The molecular weight excluding hydrogens is 540 g/mol. The molecule has 0 aliphatic carbocycles. The van der Waals surface area contributed by atoms with Crippen LogP contribution >= 0.6 is 0 Å². The summed E-state index contributed by atoms with van der Waals surface area (Å²) in [6, 6.07) is 20.7. The molecule has 0 fully saturated rings. The van der Waals surface area contributed by atoms with E-state index in [0.717, 1.165) is 67.8 Å². The summed E-state index contributed by atoms with van der Waals surface area (Å²) in [5, 5.41) is 9.08. The highest BCUT2D eigenvalue weighted by atomic mass is 16.5. The van der Waals surface area contributed by atoms with Crippen LogP contribution in [0.2, 0.25) is 0 Å². The number of fused-ring (bicyclic) bond motifs is 1. The second-order valence-electron chi connectivity index (χ2n) is 10.4. The number of methoxy groups -OCH3 is 3. The largest absolute Gasteiger partial charge is 0.496 e. The lowest BCUT2D eigenvalue weighted by Gasteiger charge is -2.13. The first-order valence-electron chi connectivity index (χ1n) is 13.9. The van der Waals surface area contributed by atoms with Gasteiger partial charge in [0.2, 0.25) is 0 Å². The number of hydrogen-bond donors (Lipinski definition) is 2. The lowest BCUT2D eigenvalue weighted by atomic mass is 10.1. The Balaban J connectivity index is 1.20. The minimum Gasteiger partial charge on any atom is -0.496 e. The average Bonchev–Trinajstić information content (AvgIpc) is 3.68. The quantitative estimate of drug-likeness (QED) is 0.183. The van der Waals surface area contributed by atoms with E-state index in [1.165, 1.54) is 5.56 Å². The number of anilines is 4. The molecule has 4 aromatic carbocycles. The topological polar surface area (TPSA) is 87.4 Å². The fourth-order valence-corrected chi connectivity index (χ4v) is 5.21. The predicted octanol–water partition coefficient (Wildman–Crippen LogP) is 7.65. The summed E-state index contributed by atoms with van der Waals surface area (Å²) >= 11 is 0. The first kappa shape index (κ1) is 27.7. The highest BCUT2D eigenvalue weighted by Crippen LogP contribution is 2.34. The van der Waals surface area contributed by atoms with Gasteiger partial charge in [0.05, 0.1) is 45.1 Å². The highest BCUT2D eigenvalue weighted by molar-refractivity contribution is 5.89. The summed E-state index contributed by atoms with van der Waals surface area (Å²) in [6.07, 6.45) is 7.50. The van der Waals surface area contributed by atoms with E-state index in [2.05, 4.69) is 76.9 Å². The maximum Gasteiger partial charge on any atom is 0.163 e. The van der Waals surface area contributed by atoms with Crippen LogP contribution in [-0.2, 0) is 0 Å². The molecule has 0 saturated carbocycles. The minimum atomic E-state index is 0.678. The van der Waals surface area contributed by atoms with Gasteiger partial charge in [-0.05, 0) is 84.6 Å². The van der Waals surface area contributed by atoms with Crippen molar-refractivity contribution >= 4 is 33.8 Å². The molecule has 0 aliphatic rings.